The van der Waals surface area contributed by atoms with Gasteiger partial charge in [-0.15, -0.1) is 24.0 Å². The zero-order chi connectivity index (χ0) is 22.1. The van der Waals surface area contributed by atoms with Crippen LogP contribution in [0.1, 0.15) is 24.5 Å². The molecule has 1 saturated heterocycles. The summed E-state index contributed by atoms with van der Waals surface area (Å²) in [6, 6.07) is 15.9. The van der Waals surface area contributed by atoms with E-state index in [1.165, 1.54) is 5.56 Å². The highest BCUT2D eigenvalue weighted by atomic mass is 127. The van der Waals surface area contributed by atoms with Crippen molar-refractivity contribution in [2.45, 2.75) is 26.3 Å². The van der Waals surface area contributed by atoms with E-state index < -0.39 is 0 Å². The predicted molar refractivity (Wildman–Crippen MR) is 141 cm³/mol. The number of rotatable bonds is 9. The average Bonchev–Trinajstić information content (AvgIpc) is 3.14. The second kappa shape index (κ2) is 13.5. The Kier molecular flexibility index (Phi) is 11.1. The number of ether oxygens (including phenoxy) is 1. The molecule has 1 fully saturated rings. The van der Waals surface area contributed by atoms with Gasteiger partial charge in [-0.05, 0) is 31.0 Å². The Hall–Kier alpha value is -2.00. The van der Waals surface area contributed by atoms with Gasteiger partial charge in [-0.25, -0.2) is 0 Å². The van der Waals surface area contributed by atoms with E-state index in [-0.39, 0.29) is 35.8 Å². The highest BCUT2D eigenvalue weighted by Crippen LogP contribution is 2.23. The molecule has 0 aliphatic carbocycles. The number of carbonyl (C=O) groups is 1. The number of amides is 1. The number of hydrogen-bond donors (Lipinski definition) is 2. The second-order valence-corrected chi connectivity index (χ2v) is 8.07. The quantitative estimate of drug-likeness (QED) is 0.271. The molecule has 174 valence electrons. The summed E-state index contributed by atoms with van der Waals surface area (Å²) in [6.07, 6.45) is 1.46. The SMILES string of the molecule is CCOc1cc(Cl)ccc1CNC(=NC)NCC1CC(=O)N(CCc2ccccc2)C1.I. The van der Waals surface area contributed by atoms with E-state index in [9.17, 15) is 4.79 Å². The summed E-state index contributed by atoms with van der Waals surface area (Å²) < 4.78 is 5.68. The van der Waals surface area contributed by atoms with E-state index in [1.54, 1.807) is 7.05 Å². The number of hydrogen-bond acceptors (Lipinski definition) is 3. The highest BCUT2D eigenvalue weighted by Gasteiger charge is 2.29. The Balaban J connectivity index is 0.00000363. The maximum Gasteiger partial charge on any atom is 0.223 e. The fourth-order valence-electron chi connectivity index (χ4n) is 3.72. The van der Waals surface area contributed by atoms with Gasteiger partial charge >= 0.3 is 0 Å². The van der Waals surface area contributed by atoms with Crippen LogP contribution in [-0.4, -0.2) is 50.1 Å². The number of guanidine groups is 1. The molecule has 1 aliphatic heterocycles. The second-order valence-electron chi connectivity index (χ2n) is 7.64. The van der Waals surface area contributed by atoms with Crippen molar-refractivity contribution in [3.8, 4) is 5.75 Å². The summed E-state index contributed by atoms with van der Waals surface area (Å²) in [5.74, 6) is 1.98. The lowest BCUT2D eigenvalue weighted by Crippen LogP contribution is -2.40. The molecule has 0 bridgehead atoms. The first-order valence-electron chi connectivity index (χ1n) is 10.8. The van der Waals surface area contributed by atoms with Crippen LogP contribution in [0, 0.1) is 5.92 Å². The van der Waals surface area contributed by atoms with Gasteiger partial charge in [0.05, 0.1) is 6.61 Å². The Morgan fingerprint density at radius 1 is 1.22 bits per heavy atom. The van der Waals surface area contributed by atoms with Gasteiger partial charge in [0.2, 0.25) is 5.91 Å². The van der Waals surface area contributed by atoms with Crippen LogP contribution in [-0.2, 0) is 17.8 Å². The van der Waals surface area contributed by atoms with Gasteiger partial charge in [0.25, 0.3) is 0 Å². The zero-order valence-electron chi connectivity index (χ0n) is 18.6. The van der Waals surface area contributed by atoms with E-state index in [1.807, 2.05) is 48.2 Å². The molecule has 3 rings (SSSR count). The summed E-state index contributed by atoms with van der Waals surface area (Å²) >= 11 is 6.08. The molecule has 0 spiro atoms. The Bertz CT molecular complexity index is 895. The van der Waals surface area contributed by atoms with Gasteiger partial charge in [0.15, 0.2) is 5.96 Å². The van der Waals surface area contributed by atoms with Crippen LogP contribution in [0.3, 0.4) is 0 Å². The summed E-state index contributed by atoms with van der Waals surface area (Å²) in [5, 5.41) is 7.32. The van der Waals surface area contributed by atoms with Crippen molar-refractivity contribution in [3.05, 3.63) is 64.7 Å². The minimum atomic E-state index is 0. The first-order valence-corrected chi connectivity index (χ1v) is 11.1. The van der Waals surface area contributed by atoms with Crippen molar-refractivity contribution in [2.75, 3.05) is 33.3 Å². The summed E-state index contributed by atoms with van der Waals surface area (Å²) in [7, 11) is 1.74. The first kappa shape index (κ1) is 26.3. The molecule has 0 radical (unpaired) electrons. The molecule has 0 aromatic heterocycles. The van der Waals surface area contributed by atoms with Gasteiger partial charge in [0, 0.05) is 56.2 Å². The molecule has 0 saturated carbocycles. The third-order valence-electron chi connectivity index (χ3n) is 5.36. The van der Waals surface area contributed by atoms with Gasteiger partial charge in [-0.2, -0.15) is 0 Å². The maximum atomic E-state index is 12.4. The van der Waals surface area contributed by atoms with Crippen LogP contribution < -0.4 is 15.4 Å². The predicted octanol–water partition coefficient (Wildman–Crippen LogP) is 4.11. The molecule has 1 unspecified atom stereocenters. The zero-order valence-corrected chi connectivity index (χ0v) is 21.7. The lowest BCUT2D eigenvalue weighted by atomic mass is 10.1. The van der Waals surface area contributed by atoms with Crippen molar-refractivity contribution >= 4 is 47.4 Å². The smallest absolute Gasteiger partial charge is 0.223 e. The molecule has 2 N–H and O–H groups in total. The molecule has 1 aliphatic rings. The topological polar surface area (TPSA) is 66.0 Å². The van der Waals surface area contributed by atoms with Gasteiger partial charge in [-0.1, -0.05) is 48.0 Å². The van der Waals surface area contributed by atoms with Gasteiger partial charge in [0.1, 0.15) is 5.75 Å². The fourth-order valence-corrected chi connectivity index (χ4v) is 3.88. The van der Waals surface area contributed by atoms with E-state index >= 15 is 0 Å². The summed E-state index contributed by atoms with van der Waals surface area (Å²) in [4.78, 5) is 18.7. The van der Waals surface area contributed by atoms with Crippen LogP contribution in [0.5, 0.6) is 5.75 Å². The van der Waals surface area contributed by atoms with Crippen molar-refractivity contribution < 1.29 is 9.53 Å². The molecule has 8 heteroatoms. The van der Waals surface area contributed by atoms with Crippen LogP contribution in [0.25, 0.3) is 0 Å². The third kappa shape index (κ3) is 7.85. The lowest BCUT2D eigenvalue weighted by Gasteiger charge is -2.18. The number of carbonyl (C=O) groups excluding carboxylic acids is 1. The van der Waals surface area contributed by atoms with Gasteiger partial charge in [-0.3, -0.25) is 9.79 Å². The number of likely N-dealkylation sites (tertiary alicyclic amines) is 1. The number of benzene rings is 2. The van der Waals surface area contributed by atoms with Crippen LogP contribution in [0.15, 0.2) is 53.5 Å². The minimum Gasteiger partial charge on any atom is -0.493 e. The lowest BCUT2D eigenvalue weighted by molar-refractivity contribution is -0.127. The normalized spacial score (nSPS) is 16.0. The molecule has 6 nitrogen and oxygen atoms in total. The number of halogens is 2. The van der Waals surface area contributed by atoms with Crippen LogP contribution in [0.2, 0.25) is 5.02 Å². The number of nitrogens with one attached hydrogen (secondary N) is 2. The highest BCUT2D eigenvalue weighted by molar-refractivity contribution is 14.0. The molecule has 1 heterocycles. The average molecular weight is 571 g/mol. The molecule has 1 amide bonds. The monoisotopic (exact) mass is 570 g/mol. The first-order chi connectivity index (χ1) is 15.1. The molecule has 2 aromatic carbocycles. The third-order valence-corrected chi connectivity index (χ3v) is 5.60. The maximum absolute atomic E-state index is 12.4. The standard InChI is InChI=1S/C24H31ClN4O2.HI/c1-3-31-22-14-21(25)10-9-20(22)16-28-24(26-2)27-15-19-13-23(30)29(17-19)12-11-18-7-5-4-6-8-18;/h4-10,14,19H,3,11-13,15-17H2,1-2H3,(H2,26,27,28);1H. The molecule has 1 atom stereocenters. The molecular weight excluding hydrogens is 539 g/mol. The molecule has 2 aromatic rings. The number of nitrogens with zero attached hydrogens (tertiary/aromatic N) is 2. The Labute approximate surface area is 212 Å². The van der Waals surface area contributed by atoms with Crippen LogP contribution >= 0.6 is 35.6 Å². The van der Waals surface area contributed by atoms with Gasteiger partial charge < -0.3 is 20.3 Å². The minimum absolute atomic E-state index is 0. The van der Waals surface area contributed by atoms with Crippen molar-refractivity contribution in [3.63, 3.8) is 0 Å². The fraction of sp³-hybridized carbons (Fsp3) is 0.417. The van der Waals surface area contributed by atoms with E-state index in [0.29, 0.717) is 37.1 Å². The summed E-state index contributed by atoms with van der Waals surface area (Å²) in [5.41, 5.74) is 2.27. The largest absolute Gasteiger partial charge is 0.493 e. The number of aliphatic imine (C=N–C) groups is 1. The van der Waals surface area contributed by atoms with E-state index in [0.717, 1.165) is 30.8 Å². The van der Waals surface area contributed by atoms with Crippen LogP contribution in [0.4, 0.5) is 0 Å². The summed E-state index contributed by atoms with van der Waals surface area (Å²) in [6.45, 7) is 5.34. The van der Waals surface area contributed by atoms with Crippen molar-refractivity contribution in [2.24, 2.45) is 10.9 Å². The van der Waals surface area contributed by atoms with E-state index in [4.69, 9.17) is 16.3 Å². The van der Waals surface area contributed by atoms with Crippen molar-refractivity contribution in [1.82, 2.24) is 15.5 Å². The Morgan fingerprint density at radius 3 is 2.72 bits per heavy atom. The molecular formula is C24H32ClIN4O2. The Morgan fingerprint density at radius 2 is 2.00 bits per heavy atom. The van der Waals surface area contributed by atoms with Crippen molar-refractivity contribution in [1.29, 1.82) is 0 Å². The van der Waals surface area contributed by atoms with E-state index in [2.05, 4.69) is 27.8 Å². The molecule has 32 heavy (non-hydrogen) atoms.